The molecule has 1 saturated heterocycles. The number of carboxylic acids is 1. The van der Waals surface area contributed by atoms with Gasteiger partial charge in [-0.3, -0.25) is 14.4 Å². The first-order chi connectivity index (χ1) is 17.8. The monoisotopic (exact) mass is 520 g/mol. The van der Waals surface area contributed by atoms with Crippen molar-refractivity contribution in [2.75, 3.05) is 39.3 Å². The van der Waals surface area contributed by atoms with E-state index in [0.717, 1.165) is 16.9 Å². The molecule has 1 aromatic rings. The highest BCUT2D eigenvalue weighted by atomic mass is 16.5. The molecule has 0 aromatic heterocycles. The summed E-state index contributed by atoms with van der Waals surface area (Å²) in [5.41, 5.74) is 0.745. The lowest BCUT2D eigenvalue weighted by molar-refractivity contribution is -0.145. The molecule has 1 fully saturated rings. The fourth-order valence-electron chi connectivity index (χ4n) is 3.66. The van der Waals surface area contributed by atoms with Gasteiger partial charge >= 0.3 is 12.1 Å². The molecule has 2 rings (SSSR count). The number of nitrogens with zero attached hydrogens (tertiary/aromatic N) is 3. The van der Waals surface area contributed by atoms with Gasteiger partial charge in [0.25, 0.3) is 0 Å². The normalized spacial score (nSPS) is 16.1. The molecule has 0 radical (unpaired) electrons. The lowest BCUT2D eigenvalue weighted by Gasteiger charge is -2.31. The first-order valence-electron chi connectivity index (χ1n) is 12.2. The molecular weight excluding hydrogens is 484 g/mol. The predicted molar refractivity (Wildman–Crippen MR) is 134 cm³/mol. The molecule has 13 nitrogen and oxygen atoms in total. The highest BCUT2D eigenvalue weighted by Crippen LogP contribution is 2.07. The maximum atomic E-state index is 13.2. The molecule has 2 atom stereocenters. The van der Waals surface area contributed by atoms with Gasteiger partial charge in [0.2, 0.25) is 11.8 Å². The summed E-state index contributed by atoms with van der Waals surface area (Å²) >= 11 is 0. The Kier molecular flexibility index (Phi) is 12.7. The van der Waals surface area contributed by atoms with Crippen LogP contribution in [0.1, 0.15) is 31.7 Å². The van der Waals surface area contributed by atoms with Crippen LogP contribution in [0.5, 0.6) is 0 Å². The third-order valence-corrected chi connectivity index (χ3v) is 5.54. The number of hydrogen-bond donors (Lipinski definition) is 4. The SMILES string of the molecule is CCCCN(CC(=O)O)C(=O)C(CC(=O)NC[C@H]1CN(C=NN)CCO1)NC(=O)OCc1ccccc1. The van der Waals surface area contributed by atoms with Crippen LogP contribution in [0.4, 0.5) is 4.79 Å². The number of hydrazone groups is 1. The van der Waals surface area contributed by atoms with Crippen molar-refractivity contribution in [3.05, 3.63) is 35.9 Å². The topological polar surface area (TPSA) is 176 Å². The van der Waals surface area contributed by atoms with Crippen LogP contribution in [0, 0.1) is 0 Å². The zero-order valence-electron chi connectivity index (χ0n) is 21.0. The van der Waals surface area contributed by atoms with E-state index in [9.17, 15) is 24.3 Å². The second kappa shape index (κ2) is 16.0. The Bertz CT molecular complexity index is 914. The summed E-state index contributed by atoms with van der Waals surface area (Å²) in [5, 5.41) is 17.9. The van der Waals surface area contributed by atoms with E-state index in [1.165, 1.54) is 6.34 Å². The molecule has 0 aliphatic carbocycles. The molecule has 1 unspecified atom stereocenters. The van der Waals surface area contributed by atoms with E-state index in [0.29, 0.717) is 26.1 Å². The van der Waals surface area contributed by atoms with Crippen molar-refractivity contribution in [3.8, 4) is 0 Å². The Morgan fingerprint density at radius 3 is 2.76 bits per heavy atom. The second-order valence-corrected chi connectivity index (χ2v) is 8.53. The highest BCUT2D eigenvalue weighted by Gasteiger charge is 2.30. The summed E-state index contributed by atoms with van der Waals surface area (Å²) in [6.45, 7) is 3.19. The van der Waals surface area contributed by atoms with E-state index in [1.54, 1.807) is 24.3 Å². The third kappa shape index (κ3) is 11.2. The largest absolute Gasteiger partial charge is 0.480 e. The molecule has 0 bridgehead atoms. The highest BCUT2D eigenvalue weighted by molar-refractivity contribution is 5.92. The summed E-state index contributed by atoms with van der Waals surface area (Å²) in [5.74, 6) is 2.80. The number of aliphatic carboxylic acids is 1. The zero-order chi connectivity index (χ0) is 27.0. The van der Waals surface area contributed by atoms with Crippen LogP contribution in [0.25, 0.3) is 0 Å². The molecule has 5 N–H and O–H groups in total. The van der Waals surface area contributed by atoms with Gasteiger partial charge in [-0.15, -0.1) is 0 Å². The summed E-state index contributed by atoms with van der Waals surface area (Å²) in [7, 11) is 0. The molecule has 0 saturated carbocycles. The van der Waals surface area contributed by atoms with E-state index in [2.05, 4.69) is 15.7 Å². The van der Waals surface area contributed by atoms with Gasteiger partial charge in [0, 0.05) is 26.2 Å². The zero-order valence-corrected chi connectivity index (χ0v) is 21.0. The number of unbranched alkanes of at least 4 members (excludes halogenated alkanes) is 1. The number of amides is 3. The number of alkyl carbamates (subject to hydrolysis) is 1. The molecule has 1 aromatic carbocycles. The maximum absolute atomic E-state index is 13.2. The first-order valence-corrected chi connectivity index (χ1v) is 12.2. The smallest absolute Gasteiger partial charge is 0.408 e. The summed E-state index contributed by atoms with van der Waals surface area (Å²) < 4.78 is 10.8. The van der Waals surface area contributed by atoms with Crippen LogP contribution in [-0.4, -0.2) is 96.6 Å². The van der Waals surface area contributed by atoms with Gasteiger partial charge in [-0.05, 0) is 12.0 Å². The Hall–Kier alpha value is -3.87. The van der Waals surface area contributed by atoms with Crippen molar-refractivity contribution in [2.24, 2.45) is 10.9 Å². The van der Waals surface area contributed by atoms with E-state index in [1.807, 2.05) is 17.9 Å². The number of carbonyl (C=O) groups excluding carboxylic acids is 3. The fraction of sp³-hybridized carbons (Fsp3) is 0.542. The number of nitrogens with two attached hydrogens (primary N) is 1. The van der Waals surface area contributed by atoms with Crippen LogP contribution < -0.4 is 16.5 Å². The second-order valence-electron chi connectivity index (χ2n) is 8.53. The van der Waals surface area contributed by atoms with Crippen molar-refractivity contribution >= 4 is 30.2 Å². The van der Waals surface area contributed by atoms with E-state index < -0.39 is 42.9 Å². The number of carbonyl (C=O) groups is 4. The number of rotatable bonds is 14. The van der Waals surface area contributed by atoms with Crippen LogP contribution in [0.2, 0.25) is 0 Å². The molecule has 1 aliphatic heterocycles. The third-order valence-electron chi connectivity index (χ3n) is 5.54. The van der Waals surface area contributed by atoms with Gasteiger partial charge in [-0.2, -0.15) is 5.10 Å². The van der Waals surface area contributed by atoms with E-state index in [-0.39, 0.29) is 25.8 Å². The Labute approximate surface area is 215 Å². The predicted octanol–water partition coefficient (Wildman–Crippen LogP) is 0.104. The molecule has 37 heavy (non-hydrogen) atoms. The van der Waals surface area contributed by atoms with Crippen molar-refractivity contribution in [1.82, 2.24) is 20.4 Å². The molecule has 3 amide bonds. The van der Waals surface area contributed by atoms with Crippen LogP contribution in [0.15, 0.2) is 35.4 Å². The Morgan fingerprint density at radius 2 is 2.08 bits per heavy atom. The molecule has 1 aliphatic rings. The fourth-order valence-corrected chi connectivity index (χ4v) is 3.66. The van der Waals surface area contributed by atoms with Gasteiger partial charge in [0.15, 0.2) is 0 Å². The maximum Gasteiger partial charge on any atom is 0.408 e. The van der Waals surface area contributed by atoms with E-state index >= 15 is 0 Å². The van der Waals surface area contributed by atoms with Gasteiger partial charge in [-0.1, -0.05) is 43.7 Å². The summed E-state index contributed by atoms with van der Waals surface area (Å²) in [4.78, 5) is 52.7. The van der Waals surface area contributed by atoms with Gasteiger partial charge < -0.3 is 40.9 Å². The number of morpholine rings is 1. The molecule has 1 heterocycles. The number of ether oxygens (including phenoxy) is 2. The average molecular weight is 521 g/mol. The summed E-state index contributed by atoms with van der Waals surface area (Å²) in [6, 6.07) is 7.65. The number of nitrogens with one attached hydrogen (secondary N) is 2. The summed E-state index contributed by atoms with van der Waals surface area (Å²) in [6.07, 6.45) is 1.17. The Morgan fingerprint density at radius 1 is 1.32 bits per heavy atom. The lowest BCUT2D eigenvalue weighted by Crippen LogP contribution is -2.52. The molecular formula is C24H36N6O7. The number of carboxylic acid groups (broad SMARTS) is 1. The van der Waals surface area contributed by atoms with Gasteiger partial charge in [-0.25, -0.2) is 4.79 Å². The van der Waals surface area contributed by atoms with Crippen LogP contribution in [-0.2, 0) is 30.5 Å². The minimum Gasteiger partial charge on any atom is -0.480 e. The van der Waals surface area contributed by atoms with Gasteiger partial charge in [0.05, 0.1) is 19.1 Å². The minimum absolute atomic E-state index is 0.0317. The van der Waals surface area contributed by atoms with Crippen LogP contribution in [0.3, 0.4) is 0 Å². The van der Waals surface area contributed by atoms with Gasteiger partial charge in [0.1, 0.15) is 25.5 Å². The lowest BCUT2D eigenvalue weighted by atomic mass is 10.1. The number of hydrogen-bond acceptors (Lipinski definition) is 8. The average Bonchev–Trinajstić information content (AvgIpc) is 2.88. The van der Waals surface area contributed by atoms with Crippen molar-refractivity contribution in [1.29, 1.82) is 0 Å². The van der Waals surface area contributed by atoms with Crippen molar-refractivity contribution < 1.29 is 33.8 Å². The molecule has 0 spiro atoms. The first kappa shape index (κ1) is 29.4. The van der Waals surface area contributed by atoms with E-state index in [4.69, 9.17) is 15.3 Å². The standard InChI is InChI=1S/C24H36N6O7/c1-2-3-9-30(15-22(32)33)23(34)20(28-24(35)37-16-18-7-5-4-6-8-18)12-21(31)26-13-19-14-29(17-27-25)10-11-36-19/h4-8,17,19-20H,2-3,9-16,25H2,1H3,(H,26,31)(H,28,35)(H,32,33)/t19-,20?/m0/s1. The minimum atomic E-state index is -1.31. The Balaban J connectivity index is 2.02. The van der Waals surface area contributed by atoms with Crippen molar-refractivity contribution in [2.45, 2.75) is 44.9 Å². The number of benzene rings is 1. The quantitative estimate of drug-likeness (QED) is 0.115. The molecule has 13 heteroatoms. The molecule has 204 valence electrons. The van der Waals surface area contributed by atoms with Crippen LogP contribution >= 0.6 is 0 Å². The van der Waals surface area contributed by atoms with Crippen molar-refractivity contribution in [3.63, 3.8) is 0 Å².